The second-order valence-corrected chi connectivity index (χ2v) is 5.46. The third-order valence-electron chi connectivity index (χ3n) is 3.37. The van der Waals surface area contributed by atoms with Gasteiger partial charge in [0.2, 0.25) is 11.8 Å². The maximum atomic E-state index is 12.1. The maximum absolute atomic E-state index is 12.1. The largest absolute Gasteiger partial charge is 0.497 e. The summed E-state index contributed by atoms with van der Waals surface area (Å²) in [6.07, 6.45) is 3.14. The van der Waals surface area contributed by atoms with Crippen LogP contribution in [0.3, 0.4) is 0 Å². The number of unbranched alkanes of at least 4 members (excludes halogenated alkanes) is 1. The minimum absolute atomic E-state index is 0.114. The van der Waals surface area contributed by atoms with Gasteiger partial charge in [0.1, 0.15) is 11.5 Å². The average molecular weight is 336 g/mol. The minimum atomic E-state index is -0.227. The summed E-state index contributed by atoms with van der Waals surface area (Å²) in [5.74, 6) is 0.897. The predicted octanol–water partition coefficient (Wildman–Crippen LogP) is 3.12. The summed E-state index contributed by atoms with van der Waals surface area (Å²) in [6, 6.07) is 5.28. The van der Waals surface area contributed by atoms with Gasteiger partial charge in [-0.2, -0.15) is 0 Å². The van der Waals surface area contributed by atoms with Crippen LogP contribution in [-0.2, 0) is 9.59 Å². The molecule has 0 aliphatic heterocycles. The molecule has 2 N–H and O–H groups in total. The molecule has 6 heteroatoms. The summed E-state index contributed by atoms with van der Waals surface area (Å²) >= 11 is 0. The van der Waals surface area contributed by atoms with E-state index in [9.17, 15) is 9.59 Å². The van der Waals surface area contributed by atoms with Crippen LogP contribution in [0.5, 0.6) is 11.5 Å². The second kappa shape index (κ2) is 11.3. The van der Waals surface area contributed by atoms with Crippen LogP contribution in [0.4, 0.5) is 5.69 Å². The molecule has 0 aliphatic rings. The Bertz CT molecular complexity index is 532. The molecule has 0 spiro atoms. The normalized spacial score (nSPS) is 10.1. The summed E-state index contributed by atoms with van der Waals surface area (Å²) < 4.78 is 10.9. The molecular weight excluding hydrogens is 308 g/mol. The summed E-state index contributed by atoms with van der Waals surface area (Å²) in [4.78, 5) is 23.6. The van der Waals surface area contributed by atoms with E-state index in [1.807, 2.05) is 6.92 Å². The Kier molecular flexibility index (Phi) is 9.34. The molecule has 0 aromatic heterocycles. The van der Waals surface area contributed by atoms with E-state index in [4.69, 9.17) is 9.47 Å². The van der Waals surface area contributed by atoms with Gasteiger partial charge in [-0.05, 0) is 25.0 Å². The highest BCUT2D eigenvalue weighted by Crippen LogP contribution is 2.29. The Morgan fingerprint density at radius 3 is 2.50 bits per heavy atom. The van der Waals surface area contributed by atoms with Crippen molar-refractivity contribution < 1.29 is 19.1 Å². The first-order valence-corrected chi connectivity index (χ1v) is 8.48. The molecule has 1 rings (SSSR count). The van der Waals surface area contributed by atoms with Crippen molar-refractivity contribution in [3.05, 3.63) is 18.2 Å². The summed E-state index contributed by atoms with van der Waals surface area (Å²) in [5.41, 5.74) is 0.560. The zero-order chi connectivity index (χ0) is 17.8. The summed E-state index contributed by atoms with van der Waals surface area (Å²) in [5, 5.41) is 5.55. The van der Waals surface area contributed by atoms with Crippen molar-refractivity contribution in [2.75, 3.05) is 25.6 Å². The molecule has 0 unspecified atom stereocenters. The molecule has 0 atom stereocenters. The first-order chi connectivity index (χ1) is 11.6. The molecule has 24 heavy (non-hydrogen) atoms. The highest BCUT2D eigenvalue weighted by molar-refractivity contribution is 5.94. The first kappa shape index (κ1) is 19.8. The van der Waals surface area contributed by atoms with Crippen LogP contribution in [-0.4, -0.2) is 32.1 Å². The average Bonchev–Trinajstić information content (AvgIpc) is 2.59. The SMILES string of the molecule is CCCCOc1ccc(OC)cc1NC(=O)CCC(=O)NCCC. The molecule has 6 nitrogen and oxygen atoms in total. The van der Waals surface area contributed by atoms with E-state index in [0.29, 0.717) is 30.3 Å². The molecule has 1 aromatic carbocycles. The Balaban J connectivity index is 2.62. The van der Waals surface area contributed by atoms with Gasteiger partial charge in [0.25, 0.3) is 0 Å². The second-order valence-electron chi connectivity index (χ2n) is 5.46. The fourth-order valence-corrected chi connectivity index (χ4v) is 1.98. The van der Waals surface area contributed by atoms with Crippen LogP contribution in [0.1, 0.15) is 46.0 Å². The number of rotatable bonds is 11. The highest BCUT2D eigenvalue weighted by atomic mass is 16.5. The van der Waals surface area contributed by atoms with E-state index in [-0.39, 0.29) is 24.7 Å². The van der Waals surface area contributed by atoms with Crippen molar-refractivity contribution in [1.29, 1.82) is 0 Å². The van der Waals surface area contributed by atoms with Gasteiger partial charge in [-0.25, -0.2) is 0 Å². The highest BCUT2D eigenvalue weighted by Gasteiger charge is 2.11. The van der Waals surface area contributed by atoms with Gasteiger partial charge in [-0.1, -0.05) is 20.3 Å². The predicted molar refractivity (Wildman–Crippen MR) is 94.6 cm³/mol. The number of amides is 2. The van der Waals surface area contributed by atoms with E-state index in [0.717, 1.165) is 19.3 Å². The molecule has 0 saturated carbocycles. The molecular formula is C18H28N2O4. The number of nitrogens with one attached hydrogen (secondary N) is 2. The van der Waals surface area contributed by atoms with Crippen LogP contribution >= 0.6 is 0 Å². The Hall–Kier alpha value is -2.24. The molecule has 0 aliphatic carbocycles. The fraction of sp³-hybridized carbons (Fsp3) is 0.556. The van der Waals surface area contributed by atoms with Crippen molar-refractivity contribution in [3.8, 4) is 11.5 Å². The Labute approximate surface area is 143 Å². The monoisotopic (exact) mass is 336 g/mol. The molecule has 0 fully saturated rings. The number of carbonyl (C=O) groups is 2. The lowest BCUT2D eigenvalue weighted by Crippen LogP contribution is -2.25. The minimum Gasteiger partial charge on any atom is -0.497 e. The van der Waals surface area contributed by atoms with Gasteiger partial charge in [0, 0.05) is 25.5 Å². The molecule has 0 heterocycles. The van der Waals surface area contributed by atoms with E-state index >= 15 is 0 Å². The lowest BCUT2D eigenvalue weighted by atomic mass is 10.2. The van der Waals surface area contributed by atoms with Crippen molar-refractivity contribution in [2.24, 2.45) is 0 Å². The maximum Gasteiger partial charge on any atom is 0.224 e. The van der Waals surface area contributed by atoms with Gasteiger partial charge < -0.3 is 20.1 Å². The third kappa shape index (κ3) is 7.35. The number of carbonyl (C=O) groups excluding carboxylic acids is 2. The number of hydrogen-bond acceptors (Lipinski definition) is 4. The summed E-state index contributed by atoms with van der Waals surface area (Å²) in [6.45, 7) is 5.29. The zero-order valence-electron chi connectivity index (χ0n) is 14.8. The quantitative estimate of drug-likeness (QED) is 0.609. The van der Waals surface area contributed by atoms with Crippen LogP contribution in [0, 0.1) is 0 Å². The molecule has 0 radical (unpaired) electrons. The van der Waals surface area contributed by atoms with E-state index < -0.39 is 0 Å². The first-order valence-electron chi connectivity index (χ1n) is 8.48. The molecule has 0 saturated heterocycles. The van der Waals surface area contributed by atoms with Crippen LogP contribution < -0.4 is 20.1 Å². The van der Waals surface area contributed by atoms with E-state index in [1.54, 1.807) is 25.3 Å². The number of hydrogen-bond donors (Lipinski definition) is 2. The smallest absolute Gasteiger partial charge is 0.224 e. The number of anilines is 1. The van der Waals surface area contributed by atoms with Crippen molar-refractivity contribution >= 4 is 17.5 Å². The molecule has 1 aromatic rings. The molecule has 134 valence electrons. The van der Waals surface area contributed by atoms with Crippen molar-refractivity contribution in [3.63, 3.8) is 0 Å². The molecule has 2 amide bonds. The number of benzene rings is 1. The van der Waals surface area contributed by atoms with Crippen molar-refractivity contribution in [2.45, 2.75) is 46.0 Å². The zero-order valence-corrected chi connectivity index (χ0v) is 14.8. The number of ether oxygens (including phenoxy) is 2. The van der Waals surface area contributed by atoms with Crippen LogP contribution in [0.2, 0.25) is 0 Å². The Morgan fingerprint density at radius 1 is 1.08 bits per heavy atom. The van der Waals surface area contributed by atoms with Gasteiger partial charge >= 0.3 is 0 Å². The Morgan fingerprint density at radius 2 is 1.83 bits per heavy atom. The third-order valence-corrected chi connectivity index (χ3v) is 3.37. The lowest BCUT2D eigenvalue weighted by Gasteiger charge is -2.14. The van der Waals surface area contributed by atoms with Gasteiger partial charge in [-0.3, -0.25) is 9.59 Å². The summed E-state index contributed by atoms with van der Waals surface area (Å²) in [7, 11) is 1.57. The van der Waals surface area contributed by atoms with Gasteiger partial charge in [-0.15, -0.1) is 0 Å². The van der Waals surface area contributed by atoms with Crippen molar-refractivity contribution in [1.82, 2.24) is 5.32 Å². The van der Waals surface area contributed by atoms with Gasteiger partial charge in [0.15, 0.2) is 0 Å². The van der Waals surface area contributed by atoms with Gasteiger partial charge in [0.05, 0.1) is 19.4 Å². The van der Waals surface area contributed by atoms with Crippen LogP contribution in [0.25, 0.3) is 0 Å². The lowest BCUT2D eigenvalue weighted by molar-refractivity contribution is -0.124. The molecule has 0 bridgehead atoms. The van der Waals surface area contributed by atoms with E-state index in [1.165, 1.54) is 0 Å². The van der Waals surface area contributed by atoms with Crippen LogP contribution in [0.15, 0.2) is 18.2 Å². The van der Waals surface area contributed by atoms with E-state index in [2.05, 4.69) is 17.6 Å². The number of methoxy groups -OCH3 is 1. The topological polar surface area (TPSA) is 76.7 Å². The fourth-order valence-electron chi connectivity index (χ4n) is 1.98. The standard InChI is InChI=1S/C18H28N2O4/c1-4-6-12-24-16-8-7-14(23-3)13-15(16)20-18(22)10-9-17(21)19-11-5-2/h7-8,13H,4-6,9-12H2,1-3H3,(H,19,21)(H,20,22).